The molecule has 1 rings (SSSR count). The van der Waals surface area contributed by atoms with E-state index in [2.05, 4.69) is 10.3 Å². The molecule has 3 amide bonds. The normalized spacial score (nSPS) is 10.4. The van der Waals surface area contributed by atoms with Crippen molar-refractivity contribution in [1.82, 2.24) is 20.3 Å². The number of unbranched alkanes of at least 4 members (excludes halogenated alkanes) is 5. The van der Waals surface area contributed by atoms with Crippen LogP contribution in [-0.2, 0) is 9.53 Å². The molecule has 0 aliphatic rings. The zero-order valence-electron chi connectivity index (χ0n) is 16.9. The van der Waals surface area contributed by atoms with Gasteiger partial charge in [-0.1, -0.05) is 32.6 Å². The fraction of sp³-hybridized carbons (Fsp3) is 0.611. The Balaban J connectivity index is 2.44. The molecule has 0 unspecified atom stereocenters. The van der Waals surface area contributed by atoms with Gasteiger partial charge in [-0.3, -0.25) is 15.3 Å². The first kappa shape index (κ1) is 25.0. The van der Waals surface area contributed by atoms with Gasteiger partial charge in [0.05, 0.1) is 12.8 Å². The molecule has 1 aromatic heterocycles. The summed E-state index contributed by atoms with van der Waals surface area (Å²) in [7, 11) is 0. The van der Waals surface area contributed by atoms with Crippen molar-refractivity contribution < 1.29 is 28.7 Å². The van der Waals surface area contributed by atoms with E-state index in [9.17, 15) is 23.6 Å². The van der Waals surface area contributed by atoms with Crippen LogP contribution < -0.4 is 21.8 Å². The van der Waals surface area contributed by atoms with Crippen LogP contribution in [0.15, 0.2) is 11.0 Å². The number of anilines is 1. The molecule has 4 N–H and O–H groups in total. The number of aromatic nitrogens is 2. The maximum absolute atomic E-state index is 14.1. The number of nitrogens with one attached hydrogen (secondary N) is 3. The fourth-order valence-corrected chi connectivity index (χ4v) is 2.42. The summed E-state index contributed by atoms with van der Waals surface area (Å²) in [4.78, 5) is 49.8. The molecule has 0 spiro atoms. The molecule has 0 saturated carbocycles. The molecule has 0 saturated heterocycles. The summed E-state index contributed by atoms with van der Waals surface area (Å²) in [5, 5.41) is 12.9. The standard InChI is InChI=1S/C18H28FN5O6/c1-2-3-8-11-30-18(28)22-15-13(19)12-24(17(27)21-15)16(26)20-10-7-5-4-6-9-14(25)23-29/h12,29H,2-11H2,1H3,(H,20,26)(H,23,25)(H,21,22,27,28). The van der Waals surface area contributed by atoms with Gasteiger partial charge in [0.25, 0.3) is 0 Å². The zero-order valence-corrected chi connectivity index (χ0v) is 16.9. The molecule has 1 heterocycles. The van der Waals surface area contributed by atoms with Gasteiger partial charge in [-0.15, -0.1) is 0 Å². The van der Waals surface area contributed by atoms with E-state index in [1.54, 1.807) is 5.48 Å². The zero-order chi connectivity index (χ0) is 22.4. The number of rotatable bonds is 12. The number of ether oxygens (including phenoxy) is 1. The van der Waals surface area contributed by atoms with Crippen LogP contribution in [-0.4, -0.2) is 45.9 Å². The fourth-order valence-electron chi connectivity index (χ4n) is 2.42. The van der Waals surface area contributed by atoms with E-state index in [1.165, 1.54) is 0 Å². The Morgan fingerprint density at radius 3 is 2.60 bits per heavy atom. The van der Waals surface area contributed by atoms with Gasteiger partial charge < -0.3 is 10.1 Å². The third-order valence-electron chi connectivity index (χ3n) is 4.03. The molecule has 168 valence electrons. The summed E-state index contributed by atoms with van der Waals surface area (Å²) in [5.41, 5.74) is 0.492. The minimum Gasteiger partial charge on any atom is -0.449 e. The van der Waals surface area contributed by atoms with Crippen LogP contribution in [0.2, 0.25) is 0 Å². The molecule has 0 radical (unpaired) electrons. The smallest absolute Gasteiger partial charge is 0.412 e. The van der Waals surface area contributed by atoms with Gasteiger partial charge in [0.2, 0.25) is 5.91 Å². The highest BCUT2D eigenvalue weighted by Gasteiger charge is 2.15. The van der Waals surface area contributed by atoms with Gasteiger partial charge in [-0.2, -0.15) is 4.98 Å². The Morgan fingerprint density at radius 1 is 1.17 bits per heavy atom. The Labute approximate surface area is 173 Å². The SMILES string of the molecule is CCCCCOC(=O)Nc1nc(=O)n(C(=O)NCCCCCCC(=O)NO)cc1F. The molecular weight excluding hydrogens is 401 g/mol. The largest absolute Gasteiger partial charge is 0.449 e. The second-order valence-electron chi connectivity index (χ2n) is 6.49. The van der Waals surface area contributed by atoms with Gasteiger partial charge in [-0.05, 0) is 19.3 Å². The number of nitrogens with zero attached hydrogens (tertiary/aromatic N) is 2. The summed E-state index contributed by atoms with van der Waals surface area (Å²) >= 11 is 0. The van der Waals surface area contributed by atoms with Gasteiger partial charge in [-0.25, -0.2) is 28.8 Å². The van der Waals surface area contributed by atoms with E-state index in [4.69, 9.17) is 9.94 Å². The first-order valence-electron chi connectivity index (χ1n) is 9.83. The van der Waals surface area contributed by atoms with Crippen LogP contribution in [0.25, 0.3) is 0 Å². The maximum atomic E-state index is 14.1. The van der Waals surface area contributed by atoms with Crippen molar-refractivity contribution in [3.05, 3.63) is 22.5 Å². The first-order valence-corrected chi connectivity index (χ1v) is 9.83. The van der Waals surface area contributed by atoms with Crippen LogP contribution in [0.3, 0.4) is 0 Å². The average Bonchev–Trinajstić information content (AvgIpc) is 2.72. The lowest BCUT2D eigenvalue weighted by Gasteiger charge is -2.09. The molecular formula is C18H28FN5O6. The molecule has 0 aliphatic heterocycles. The predicted octanol–water partition coefficient (Wildman–Crippen LogP) is 2.13. The topological polar surface area (TPSA) is 152 Å². The lowest BCUT2D eigenvalue weighted by Crippen LogP contribution is -2.38. The number of amides is 3. The average molecular weight is 429 g/mol. The molecule has 0 aromatic carbocycles. The van der Waals surface area contributed by atoms with Crippen molar-refractivity contribution in [2.75, 3.05) is 18.5 Å². The predicted molar refractivity (Wildman–Crippen MR) is 105 cm³/mol. The van der Waals surface area contributed by atoms with E-state index in [0.29, 0.717) is 42.9 Å². The van der Waals surface area contributed by atoms with Crippen molar-refractivity contribution in [2.45, 2.75) is 58.3 Å². The lowest BCUT2D eigenvalue weighted by molar-refractivity contribution is -0.129. The van der Waals surface area contributed by atoms with Gasteiger partial charge >= 0.3 is 17.8 Å². The highest BCUT2D eigenvalue weighted by Crippen LogP contribution is 2.08. The lowest BCUT2D eigenvalue weighted by atomic mass is 10.1. The number of carbonyl (C=O) groups is 3. The monoisotopic (exact) mass is 429 g/mol. The Kier molecular flexibility index (Phi) is 11.7. The number of hydrogen-bond donors (Lipinski definition) is 4. The van der Waals surface area contributed by atoms with Gasteiger partial charge in [0, 0.05) is 13.0 Å². The van der Waals surface area contributed by atoms with Gasteiger partial charge in [0.15, 0.2) is 11.6 Å². The Morgan fingerprint density at radius 2 is 1.90 bits per heavy atom. The van der Waals surface area contributed by atoms with E-state index < -0.39 is 35.4 Å². The highest BCUT2D eigenvalue weighted by atomic mass is 19.1. The van der Waals surface area contributed by atoms with Gasteiger partial charge in [0.1, 0.15) is 0 Å². The molecule has 0 bridgehead atoms. The van der Waals surface area contributed by atoms with E-state index >= 15 is 0 Å². The van der Waals surface area contributed by atoms with Crippen LogP contribution in [0.4, 0.5) is 19.8 Å². The second-order valence-corrected chi connectivity index (χ2v) is 6.49. The van der Waals surface area contributed by atoms with E-state index in [-0.39, 0.29) is 19.6 Å². The minimum absolute atomic E-state index is 0.162. The number of hydroxylamine groups is 1. The molecule has 1 aromatic rings. The summed E-state index contributed by atoms with van der Waals surface area (Å²) in [6, 6.07) is -0.847. The number of hydrogen-bond acceptors (Lipinski definition) is 7. The molecule has 11 nitrogen and oxygen atoms in total. The summed E-state index contributed by atoms with van der Waals surface area (Å²) < 4.78 is 19.4. The summed E-state index contributed by atoms with van der Waals surface area (Å²) in [6.07, 6.45) is 5.01. The van der Waals surface area contributed by atoms with Crippen molar-refractivity contribution in [3.8, 4) is 0 Å². The molecule has 0 aliphatic carbocycles. The van der Waals surface area contributed by atoms with Crippen LogP contribution in [0, 0.1) is 5.82 Å². The second kappa shape index (κ2) is 14.0. The summed E-state index contributed by atoms with van der Waals surface area (Å²) in [5.74, 6) is -2.13. The van der Waals surface area contributed by atoms with E-state index in [0.717, 1.165) is 12.8 Å². The molecule has 30 heavy (non-hydrogen) atoms. The minimum atomic E-state index is -1.06. The quantitative estimate of drug-likeness (QED) is 0.226. The third-order valence-corrected chi connectivity index (χ3v) is 4.03. The summed E-state index contributed by atoms with van der Waals surface area (Å²) in [6.45, 7) is 2.39. The maximum Gasteiger partial charge on any atom is 0.412 e. The molecule has 0 fully saturated rings. The number of carbonyl (C=O) groups excluding carboxylic acids is 3. The molecule has 0 atom stereocenters. The van der Waals surface area contributed by atoms with Crippen LogP contribution in [0.1, 0.15) is 58.3 Å². The number of halogens is 1. The van der Waals surface area contributed by atoms with Crippen LogP contribution >= 0.6 is 0 Å². The first-order chi connectivity index (χ1) is 14.4. The Bertz CT molecular complexity index is 770. The highest BCUT2D eigenvalue weighted by molar-refractivity contribution is 5.83. The van der Waals surface area contributed by atoms with Crippen molar-refractivity contribution in [3.63, 3.8) is 0 Å². The van der Waals surface area contributed by atoms with Crippen molar-refractivity contribution >= 4 is 23.8 Å². The molecule has 12 heteroatoms. The van der Waals surface area contributed by atoms with Crippen molar-refractivity contribution in [2.24, 2.45) is 0 Å². The van der Waals surface area contributed by atoms with E-state index in [1.807, 2.05) is 12.2 Å². The van der Waals surface area contributed by atoms with Crippen molar-refractivity contribution in [1.29, 1.82) is 0 Å². The Hall–Kier alpha value is -3.02. The van der Waals surface area contributed by atoms with Crippen LogP contribution in [0.5, 0.6) is 0 Å². The third kappa shape index (κ3) is 9.45.